The lowest BCUT2D eigenvalue weighted by molar-refractivity contribution is 0.0698. The molecule has 0 radical (unpaired) electrons. The summed E-state index contributed by atoms with van der Waals surface area (Å²) in [5.41, 5.74) is -1.09. The van der Waals surface area contributed by atoms with Gasteiger partial charge in [0, 0.05) is 22.9 Å². The molecule has 0 amide bonds. The fourth-order valence-corrected chi connectivity index (χ4v) is 2.24. The van der Waals surface area contributed by atoms with Crippen molar-refractivity contribution in [2.45, 2.75) is 6.92 Å². The van der Waals surface area contributed by atoms with Crippen LogP contribution in [0.2, 0.25) is 0 Å². The number of ketones is 1. The second-order valence-electron chi connectivity index (χ2n) is 4.85. The zero-order valence-electron chi connectivity index (χ0n) is 12.2. The monoisotopic (exact) mass is 317 g/mol. The Kier molecular flexibility index (Phi) is 4.27. The highest BCUT2D eigenvalue weighted by atomic mass is 19.1. The molecule has 2 rings (SSSR count). The van der Waals surface area contributed by atoms with Crippen LogP contribution in [0.15, 0.2) is 43.1 Å². The number of allylic oxidation sites excluding steroid dienone is 2. The van der Waals surface area contributed by atoms with E-state index in [0.717, 1.165) is 18.3 Å². The van der Waals surface area contributed by atoms with E-state index in [1.807, 2.05) is 0 Å². The average molecular weight is 317 g/mol. The van der Waals surface area contributed by atoms with Crippen molar-refractivity contribution in [3.8, 4) is 11.1 Å². The molecule has 0 saturated heterocycles. The zero-order valence-corrected chi connectivity index (χ0v) is 12.2. The first kappa shape index (κ1) is 16.4. The van der Waals surface area contributed by atoms with Crippen molar-refractivity contribution >= 4 is 11.8 Å². The molecule has 2 aromatic rings. The van der Waals surface area contributed by atoms with E-state index >= 15 is 0 Å². The maximum absolute atomic E-state index is 14.2. The number of halogens is 2. The number of Topliss-reactive ketones (excluding diaryl/α,β-unsaturated/α-hetero) is 1. The number of H-pyrrole nitrogens is 1. The summed E-state index contributed by atoms with van der Waals surface area (Å²) in [5, 5.41) is 9.28. The van der Waals surface area contributed by atoms with Gasteiger partial charge in [-0.2, -0.15) is 0 Å². The van der Waals surface area contributed by atoms with Crippen LogP contribution < -0.4 is 0 Å². The molecule has 2 N–H and O–H groups in total. The zero-order chi connectivity index (χ0) is 17.3. The van der Waals surface area contributed by atoms with Gasteiger partial charge in [0.1, 0.15) is 11.6 Å². The number of benzene rings is 1. The normalized spacial score (nSPS) is 10.4. The molecule has 4 nitrogen and oxygen atoms in total. The molecular formula is C17H13F2NO3. The highest BCUT2D eigenvalue weighted by molar-refractivity contribution is 6.15. The number of rotatable bonds is 5. The average Bonchev–Trinajstić information content (AvgIpc) is 2.94. The van der Waals surface area contributed by atoms with Crippen molar-refractivity contribution in [3.05, 3.63) is 71.6 Å². The third-order valence-corrected chi connectivity index (χ3v) is 3.47. The molecule has 0 atom stereocenters. The number of aromatic amines is 1. The molecule has 0 aliphatic rings. The van der Waals surface area contributed by atoms with Gasteiger partial charge in [-0.3, -0.25) is 4.79 Å². The maximum atomic E-state index is 14.2. The molecule has 0 spiro atoms. The second kappa shape index (κ2) is 6.00. The maximum Gasteiger partial charge on any atom is 0.337 e. The van der Waals surface area contributed by atoms with Crippen LogP contribution in [0, 0.1) is 18.6 Å². The molecule has 6 heteroatoms. The molecular weight excluding hydrogens is 304 g/mol. The Morgan fingerprint density at radius 1 is 1.22 bits per heavy atom. The van der Waals surface area contributed by atoms with Gasteiger partial charge in [-0.1, -0.05) is 19.2 Å². The number of nitrogens with one attached hydrogen (secondary N) is 1. The lowest BCUT2D eigenvalue weighted by atomic mass is 9.93. The second-order valence-corrected chi connectivity index (χ2v) is 4.85. The molecule has 0 aliphatic heterocycles. The van der Waals surface area contributed by atoms with Crippen molar-refractivity contribution in [3.63, 3.8) is 0 Å². The van der Waals surface area contributed by atoms with Crippen LogP contribution in [0.5, 0.6) is 0 Å². The van der Waals surface area contributed by atoms with Gasteiger partial charge < -0.3 is 10.1 Å². The molecule has 23 heavy (non-hydrogen) atoms. The van der Waals surface area contributed by atoms with Crippen LogP contribution in [-0.2, 0) is 0 Å². The summed E-state index contributed by atoms with van der Waals surface area (Å²) in [5.74, 6) is -3.56. The first-order valence-corrected chi connectivity index (χ1v) is 6.55. The fourth-order valence-electron chi connectivity index (χ4n) is 2.24. The number of hydrogen-bond donors (Lipinski definition) is 2. The minimum Gasteiger partial charge on any atom is -0.478 e. The Labute approximate surface area is 130 Å². The third kappa shape index (κ3) is 2.70. The van der Waals surface area contributed by atoms with Crippen LogP contribution >= 0.6 is 0 Å². The summed E-state index contributed by atoms with van der Waals surface area (Å²) in [6.45, 7) is 8.22. The summed E-state index contributed by atoms with van der Waals surface area (Å²) in [6, 6.07) is 1.82. The molecule has 1 aromatic heterocycles. The Balaban J connectivity index is 2.85. The van der Waals surface area contributed by atoms with E-state index in [1.54, 1.807) is 0 Å². The molecule has 118 valence electrons. The van der Waals surface area contributed by atoms with E-state index in [1.165, 1.54) is 13.0 Å². The number of carbonyl (C=O) groups excluding carboxylic acids is 1. The van der Waals surface area contributed by atoms with Gasteiger partial charge in [0.2, 0.25) is 5.78 Å². The van der Waals surface area contributed by atoms with E-state index in [4.69, 9.17) is 0 Å². The van der Waals surface area contributed by atoms with Gasteiger partial charge >= 0.3 is 5.97 Å². The number of aromatic nitrogens is 1. The summed E-state index contributed by atoms with van der Waals surface area (Å²) < 4.78 is 28.0. The van der Waals surface area contributed by atoms with Crippen LogP contribution in [0.3, 0.4) is 0 Å². The Hall–Kier alpha value is -3.02. The van der Waals surface area contributed by atoms with Crippen molar-refractivity contribution in [2.75, 3.05) is 0 Å². The molecule has 0 aliphatic carbocycles. The van der Waals surface area contributed by atoms with Gasteiger partial charge in [0.25, 0.3) is 0 Å². The Bertz CT molecular complexity index is 850. The summed E-state index contributed by atoms with van der Waals surface area (Å²) >= 11 is 0. The van der Waals surface area contributed by atoms with Gasteiger partial charge in [-0.25, -0.2) is 13.6 Å². The SMILES string of the molecule is C=CC(=C)C(=O)c1[nH]cc(C(=O)O)c1-c1c(F)ccc(F)c1C. The minimum atomic E-state index is -1.37. The molecule has 0 bridgehead atoms. The fraction of sp³-hybridized carbons (Fsp3) is 0.0588. The minimum absolute atomic E-state index is 0.000460. The Morgan fingerprint density at radius 3 is 2.39 bits per heavy atom. The van der Waals surface area contributed by atoms with E-state index < -0.39 is 23.4 Å². The third-order valence-electron chi connectivity index (χ3n) is 3.47. The van der Waals surface area contributed by atoms with Gasteiger partial charge in [-0.15, -0.1) is 0 Å². The van der Waals surface area contributed by atoms with Crippen LogP contribution in [0.1, 0.15) is 26.4 Å². The van der Waals surface area contributed by atoms with Crippen molar-refractivity contribution in [1.82, 2.24) is 4.98 Å². The van der Waals surface area contributed by atoms with Crippen LogP contribution in [-0.4, -0.2) is 21.8 Å². The largest absolute Gasteiger partial charge is 0.478 e. The van der Waals surface area contributed by atoms with Gasteiger partial charge in [0.05, 0.1) is 11.3 Å². The first-order valence-electron chi connectivity index (χ1n) is 6.55. The number of carboxylic acid groups (broad SMARTS) is 1. The first-order chi connectivity index (χ1) is 10.8. The van der Waals surface area contributed by atoms with E-state index in [9.17, 15) is 23.5 Å². The molecule has 1 aromatic carbocycles. The number of carbonyl (C=O) groups is 2. The van der Waals surface area contributed by atoms with Crippen LogP contribution in [0.25, 0.3) is 11.1 Å². The molecule has 0 unspecified atom stereocenters. The number of aromatic carboxylic acids is 1. The summed E-state index contributed by atoms with van der Waals surface area (Å²) in [7, 11) is 0. The highest BCUT2D eigenvalue weighted by Crippen LogP contribution is 2.34. The summed E-state index contributed by atoms with van der Waals surface area (Å²) in [4.78, 5) is 26.2. The molecule has 0 saturated carbocycles. The number of hydrogen-bond acceptors (Lipinski definition) is 2. The smallest absolute Gasteiger partial charge is 0.337 e. The van der Waals surface area contributed by atoms with E-state index in [0.29, 0.717) is 0 Å². The number of carboxylic acids is 1. The quantitative estimate of drug-likeness (QED) is 0.499. The molecule has 0 fully saturated rings. The van der Waals surface area contributed by atoms with Crippen molar-refractivity contribution < 1.29 is 23.5 Å². The van der Waals surface area contributed by atoms with Gasteiger partial charge in [0.15, 0.2) is 0 Å². The lowest BCUT2D eigenvalue weighted by Gasteiger charge is -2.11. The van der Waals surface area contributed by atoms with E-state index in [-0.39, 0.29) is 33.5 Å². The standard InChI is InChI=1S/C17H13F2NO3/c1-4-8(2)16(21)15-14(10(7-20-15)17(22)23)13-9(3)11(18)5-6-12(13)19/h4-7,20H,1-2H2,3H3,(H,22,23). The lowest BCUT2D eigenvalue weighted by Crippen LogP contribution is -2.07. The highest BCUT2D eigenvalue weighted by Gasteiger charge is 2.27. The predicted octanol–water partition coefficient (Wildman–Crippen LogP) is 3.89. The summed E-state index contributed by atoms with van der Waals surface area (Å²) in [6.07, 6.45) is 2.26. The topological polar surface area (TPSA) is 70.2 Å². The van der Waals surface area contributed by atoms with Crippen LogP contribution in [0.4, 0.5) is 8.78 Å². The van der Waals surface area contributed by atoms with Crippen molar-refractivity contribution in [1.29, 1.82) is 0 Å². The molecule has 1 heterocycles. The van der Waals surface area contributed by atoms with Crippen molar-refractivity contribution in [2.24, 2.45) is 0 Å². The Morgan fingerprint density at radius 2 is 1.83 bits per heavy atom. The van der Waals surface area contributed by atoms with Gasteiger partial charge in [-0.05, 0) is 24.6 Å². The predicted molar refractivity (Wildman–Crippen MR) is 81.5 cm³/mol. The van der Waals surface area contributed by atoms with E-state index in [2.05, 4.69) is 18.1 Å².